The largest absolute Gasteiger partial charge is 0.481 e. The van der Waals surface area contributed by atoms with E-state index < -0.39 is 49.1 Å². The average molecular weight is 1670 g/mol. The molecular formula is C69H147BBrClF6IN5O12SSi. The zero-order valence-corrected chi connectivity index (χ0v) is 71.5. The number of carbonyl (C=O) groups excluding carboxylic acids is 1. The Kier molecular flexibility index (Phi) is 124. The van der Waals surface area contributed by atoms with E-state index in [0.717, 1.165) is 54.2 Å². The number of rotatable bonds is 16. The smallest absolute Gasteiger partial charge is 0.394 e. The van der Waals surface area contributed by atoms with Crippen LogP contribution >= 0.6 is 50.1 Å². The molecule has 98 heavy (non-hydrogen) atoms. The molecule has 1 unspecified atom stereocenters. The van der Waals surface area contributed by atoms with Crippen molar-refractivity contribution >= 4 is 87.9 Å². The van der Waals surface area contributed by atoms with Crippen LogP contribution in [0.15, 0.2) is 5.11 Å². The third-order valence-electron chi connectivity index (χ3n) is 12.9. The Hall–Kier alpha value is -1.07. The summed E-state index contributed by atoms with van der Waals surface area (Å²) in [5.41, 5.74) is 13.2. The minimum atomic E-state index is -4.76. The molecular weight excluding hydrogens is 1520 g/mol. The number of hydrogen-bond donors (Lipinski definition) is 4. The van der Waals surface area contributed by atoms with Gasteiger partial charge < -0.3 is 44.4 Å². The molecule has 0 aromatic carbocycles. The van der Waals surface area contributed by atoms with Crippen molar-refractivity contribution in [1.29, 1.82) is 5.26 Å². The maximum absolute atomic E-state index is 11.9. The highest BCUT2D eigenvalue weighted by Crippen LogP contribution is 2.59. The summed E-state index contributed by atoms with van der Waals surface area (Å²) in [6.07, 6.45) is 13.0. The number of alkyl halides is 9. The third-order valence-corrected chi connectivity index (χ3v) is 19.4. The van der Waals surface area contributed by atoms with E-state index in [-0.39, 0.29) is 37.3 Å². The van der Waals surface area contributed by atoms with Crippen LogP contribution in [0.5, 0.6) is 0 Å². The number of azide groups is 1. The summed E-state index contributed by atoms with van der Waals surface area (Å²) in [5, 5.41) is 27.1. The van der Waals surface area contributed by atoms with Crippen molar-refractivity contribution in [3.63, 3.8) is 0 Å². The molecule has 1 aliphatic heterocycles. The Bertz CT molecular complexity index is 1650. The van der Waals surface area contributed by atoms with Crippen LogP contribution in [0.1, 0.15) is 248 Å². The number of carboxylic acids is 1. The molecule has 17 nitrogen and oxygen atoms in total. The molecule has 4 aliphatic carbocycles. The molecule has 1 saturated heterocycles. The number of aliphatic carboxylic acids is 1. The first-order valence-electron chi connectivity index (χ1n) is 35.6. The number of ether oxygens (including phenoxy) is 5. The summed E-state index contributed by atoms with van der Waals surface area (Å²) in [6.45, 7) is 44.8. The number of Topliss-reactive ketones (excluding diaryl/α,β-unsaturated/α-hetero) is 1. The Balaban J connectivity index is -0.0000000841. The monoisotopic (exact) mass is 1660 g/mol. The molecule has 596 valence electrons. The van der Waals surface area contributed by atoms with Gasteiger partial charge in [-0.3, -0.25) is 13.7 Å². The van der Waals surface area contributed by atoms with Gasteiger partial charge in [0.05, 0.1) is 100.0 Å². The maximum atomic E-state index is 11.9. The molecule has 5 rings (SSSR count). The molecule has 29 heteroatoms. The summed E-state index contributed by atoms with van der Waals surface area (Å²) in [4.78, 5) is 21.7. The fourth-order valence-corrected chi connectivity index (χ4v) is 14.0. The topological polar surface area (TPSA) is 274 Å². The summed E-state index contributed by atoms with van der Waals surface area (Å²) in [5.74, 6) is -0.135. The number of unbranched alkanes of at least 4 members (excludes halogenated alkanes) is 3. The standard InChI is InChI=1S/C14H32Si.C11H22O5.C11H18.C5H7F5.C4H8O.C3H5N.C3H6O2.C2H5B.C2H5Br.C2H5Cl.C2H5F.C2H5I.C2H5N3.C2H7N.C2H6O3S.C2H6O/c1-5-9-12-15(8-4,13-10-6-2)14-11-7-3;1-11-10-15-7-6-13-3-2-12-4-5-14-8-9-16-11;1-11-5-8-2-9(6-11)4-10(3-8)7-11;1-2-4(6,7)3-5(8,9)10;1-3-4(2)5;1-2-3-4;1-2-3(4)5;5*1-2-3;1-2-4-5-3;1-2-3;1-2-6(3,4)5;1-2-3/h5-14H2,1-4H3;11H,2-10H2,1H3;8-10H,2-7H2,1H3;2-3H2,1H3;3H2,1-2H3;2H2,1H3;2H2,1H3,(H,4,5);5*2H2,1H3;2H2,1H3;2-3H2,1H3;2H2,1H3,(H,3,4,5);3H,2H2,1H3. The van der Waals surface area contributed by atoms with E-state index in [4.69, 9.17) is 74.4 Å². The van der Waals surface area contributed by atoms with E-state index in [9.17, 15) is 44.3 Å². The molecule has 4 saturated carbocycles. The van der Waals surface area contributed by atoms with Crippen molar-refractivity contribution in [3.8, 4) is 6.07 Å². The van der Waals surface area contributed by atoms with E-state index in [0.29, 0.717) is 78.8 Å². The van der Waals surface area contributed by atoms with Gasteiger partial charge in [0.2, 0.25) is 0 Å². The number of ketones is 1. The minimum Gasteiger partial charge on any atom is -0.481 e. The Morgan fingerprint density at radius 2 is 1.05 bits per heavy atom. The second-order valence-corrected chi connectivity index (χ2v) is 32.6. The van der Waals surface area contributed by atoms with Gasteiger partial charge >= 0.3 is 12.1 Å². The molecule has 5 aliphatic rings. The van der Waals surface area contributed by atoms with Gasteiger partial charge in [0.25, 0.3) is 16.0 Å². The summed E-state index contributed by atoms with van der Waals surface area (Å²) in [7, 11) is 0.353. The second-order valence-electron chi connectivity index (χ2n) is 22.4. The minimum absolute atomic E-state index is 0.102. The highest BCUT2D eigenvalue weighted by atomic mass is 127. The molecule has 5 fully saturated rings. The van der Waals surface area contributed by atoms with Crippen LogP contribution < -0.4 is 5.73 Å². The zero-order valence-electron chi connectivity index (χ0n) is 65.2. The summed E-state index contributed by atoms with van der Waals surface area (Å²) < 4.78 is 123. The van der Waals surface area contributed by atoms with Crippen molar-refractivity contribution < 1.29 is 82.8 Å². The number of nitrogens with two attached hydrogens (primary N) is 1. The van der Waals surface area contributed by atoms with Crippen LogP contribution in [0.2, 0.25) is 30.5 Å². The number of hydrogen-bond acceptors (Lipinski definition) is 13. The van der Waals surface area contributed by atoms with Crippen LogP contribution in [-0.4, -0.2) is 176 Å². The van der Waals surface area contributed by atoms with E-state index in [1.54, 1.807) is 84.4 Å². The van der Waals surface area contributed by atoms with Gasteiger partial charge in [0.15, 0.2) is 0 Å². The number of nitrogens with zero attached hydrogens (tertiary/aromatic N) is 4. The lowest BCUT2D eigenvalue weighted by Gasteiger charge is -2.55. The van der Waals surface area contributed by atoms with Gasteiger partial charge in [-0.1, -0.05) is 217 Å². The Morgan fingerprint density at radius 3 is 1.21 bits per heavy atom. The van der Waals surface area contributed by atoms with Crippen molar-refractivity contribution in [2.75, 3.05) is 107 Å². The normalized spacial score (nSPS) is 17.8. The molecule has 0 amide bonds. The van der Waals surface area contributed by atoms with Crippen molar-refractivity contribution in [2.24, 2.45) is 34.0 Å². The molecule has 1 heterocycles. The van der Waals surface area contributed by atoms with Crippen molar-refractivity contribution in [3.05, 3.63) is 10.4 Å². The molecule has 4 bridgehead atoms. The van der Waals surface area contributed by atoms with Crippen molar-refractivity contribution in [1.82, 2.24) is 0 Å². The molecule has 2 radical (unpaired) electrons. The SMILES string of the molecule is CC12CC3CC(CC(C3)C1)C2.CC1COCCOCCOCCOCCO1.CCBr.CCC#N.CCC(=O)O.CCC(C)=O.CCC(F)(F)CC(F)(F)F.CCCC[Si](CC)(CCCC)CCCC.CCCl.CCF.CCI.CCN.CCN=[N+]=[N-].CCO.CCS(=O)(=O)O.[B]CC. The van der Waals surface area contributed by atoms with E-state index in [1.807, 2.05) is 54.5 Å². The molecule has 5 N–H and O–H groups in total. The number of carboxylic acid groups (broad SMARTS) is 1. The molecule has 0 aromatic rings. The Morgan fingerprint density at radius 1 is 0.776 bits per heavy atom. The lowest BCUT2D eigenvalue weighted by molar-refractivity contribution is -0.188. The van der Waals surface area contributed by atoms with Crippen LogP contribution in [0, 0.1) is 34.5 Å². The fraction of sp³-hybridized carbons (Fsp3) is 0.957. The zero-order chi connectivity index (χ0) is 79.2. The van der Waals surface area contributed by atoms with Gasteiger partial charge in [0.1, 0.15) is 12.2 Å². The van der Waals surface area contributed by atoms with Gasteiger partial charge in [-0.05, 0) is 113 Å². The Labute approximate surface area is 626 Å². The lowest BCUT2D eigenvalue weighted by Crippen LogP contribution is -2.44. The second kappa shape index (κ2) is 98.0. The molecule has 0 aromatic heterocycles. The van der Waals surface area contributed by atoms with Crippen LogP contribution in [0.4, 0.5) is 26.3 Å². The van der Waals surface area contributed by atoms with Crippen molar-refractivity contribution in [2.45, 2.75) is 296 Å². The van der Waals surface area contributed by atoms with Crippen LogP contribution in [-0.2, 0) is 43.4 Å². The van der Waals surface area contributed by atoms with E-state index >= 15 is 0 Å². The average Bonchev–Trinajstić information content (AvgIpc) is 0.765. The highest BCUT2D eigenvalue weighted by Gasteiger charge is 2.48. The fourth-order valence-electron chi connectivity index (χ4n) is 8.85. The van der Waals surface area contributed by atoms with E-state index in [2.05, 4.69) is 90.1 Å². The number of carbonyl (C=O) groups is 2. The summed E-state index contributed by atoms with van der Waals surface area (Å²) in [6, 6.07) is 8.30. The maximum Gasteiger partial charge on any atom is 0.394 e. The van der Waals surface area contributed by atoms with Gasteiger partial charge in [-0.25, -0.2) is 8.78 Å². The summed E-state index contributed by atoms with van der Waals surface area (Å²) >= 11 is 10.4. The number of aliphatic hydroxyl groups is 1. The molecule has 0 spiro atoms. The lowest BCUT2D eigenvalue weighted by atomic mass is 9.50. The van der Waals surface area contributed by atoms with Gasteiger partial charge in [0, 0.05) is 55.0 Å². The highest BCUT2D eigenvalue weighted by molar-refractivity contribution is 14.1. The van der Waals surface area contributed by atoms with Crippen LogP contribution in [0.25, 0.3) is 10.4 Å². The number of halogens is 9. The third kappa shape index (κ3) is 131. The first-order valence-corrected chi connectivity index (χ1v) is 43.3. The van der Waals surface area contributed by atoms with Gasteiger partial charge in [-0.15, -0.1) is 11.6 Å². The predicted octanol–water partition coefficient (Wildman–Crippen LogP) is 21.8. The number of nitriles is 1. The van der Waals surface area contributed by atoms with E-state index in [1.165, 1.54) is 62.8 Å². The van der Waals surface area contributed by atoms with Crippen LogP contribution in [0.3, 0.4) is 0 Å². The number of aliphatic hydroxyl groups excluding tert-OH is 1. The molecule has 1 atom stereocenters. The first-order chi connectivity index (χ1) is 46.0. The first kappa shape index (κ1) is 124. The van der Waals surface area contributed by atoms with Gasteiger partial charge in [-0.2, -0.15) is 26.9 Å². The predicted molar refractivity (Wildman–Crippen MR) is 419 cm³/mol. The quantitative estimate of drug-likeness (QED) is 0.0164.